The van der Waals surface area contributed by atoms with E-state index in [-0.39, 0.29) is 11.8 Å². The van der Waals surface area contributed by atoms with Crippen molar-refractivity contribution >= 4 is 34.2 Å². The molecule has 0 aliphatic heterocycles. The van der Waals surface area contributed by atoms with Gasteiger partial charge in [-0.2, -0.15) is 10.2 Å². The summed E-state index contributed by atoms with van der Waals surface area (Å²) < 4.78 is 3.51. The van der Waals surface area contributed by atoms with Gasteiger partial charge in [0.25, 0.3) is 5.91 Å². The summed E-state index contributed by atoms with van der Waals surface area (Å²) in [5.41, 5.74) is 4.47. The first-order valence-electron chi connectivity index (χ1n) is 9.29. The molecule has 3 aromatic heterocycles. The molecule has 0 fully saturated rings. The predicted octanol–water partition coefficient (Wildman–Crippen LogP) is 4.49. The SMILES string of the molecule is Cc1nn(C)c2ncc(NC(=O)c3cnn(-c4ccc(Cl)cc4)c3C(C)C)cc12. The molecule has 0 bridgehead atoms. The van der Waals surface area contributed by atoms with Crippen LogP contribution in [0.5, 0.6) is 0 Å². The number of halogens is 1. The molecule has 4 rings (SSSR count). The first-order chi connectivity index (χ1) is 13.8. The van der Waals surface area contributed by atoms with E-state index in [4.69, 9.17) is 11.6 Å². The molecule has 1 N–H and O–H groups in total. The van der Waals surface area contributed by atoms with Crippen LogP contribution >= 0.6 is 11.6 Å². The molecule has 0 spiro atoms. The molecule has 0 saturated heterocycles. The van der Waals surface area contributed by atoms with Gasteiger partial charge >= 0.3 is 0 Å². The summed E-state index contributed by atoms with van der Waals surface area (Å²) in [6, 6.07) is 9.26. The minimum atomic E-state index is -0.225. The average Bonchev–Trinajstić information content (AvgIpc) is 3.24. The quantitative estimate of drug-likeness (QED) is 0.539. The molecule has 3 heterocycles. The molecule has 8 heteroatoms. The van der Waals surface area contributed by atoms with Gasteiger partial charge in [0, 0.05) is 17.5 Å². The van der Waals surface area contributed by atoms with Gasteiger partial charge in [0.05, 0.1) is 40.7 Å². The van der Waals surface area contributed by atoms with Crippen LogP contribution in [0.4, 0.5) is 5.69 Å². The van der Waals surface area contributed by atoms with Crippen LogP contribution in [-0.4, -0.2) is 30.5 Å². The Morgan fingerprint density at radius 1 is 1.17 bits per heavy atom. The van der Waals surface area contributed by atoms with Crippen molar-refractivity contribution in [2.45, 2.75) is 26.7 Å². The number of anilines is 1. The Morgan fingerprint density at radius 3 is 2.59 bits per heavy atom. The van der Waals surface area contributed by atoms with Crippen LogP contribution in [0, 0.1) is 6.92 Å². The highest BCUT2D eigenvalue weighted by atomic mass is 35.5. The number of amides is 1. The molecule has 1 amide bonds. The van der Waals surface area contributed by atoms with Crippen LogP contribution in [0.15, 0.2) is 42.7 Å². The molecular weight excluding hydrogens is 388 g/mol. The lowest BCUT2D eigenvalue weighted by Crippen LogP contribution is -2.15. The number of nitrogens with zero attached hydrogens (tertiary/aromatic N) is 5. The fourth-order valence-corrected chi connectivity index (χ4v) is 3.58. The zero-order valence-corrected chi connectivity index (χ0v) is 17.4. The predicted molar refractivity (Wildman–Crippen MR) is 114 cm³/mol. The molecule has 29 heavy (non-hydrogen) atoms. The third-order valence-corrected chi connectivity index (χ3v) is 5.04. The molecular formula is C21H21ClN6O. The van der Waals surface area contributed by atoms with E-state index >= 15 is 0 Å². The first-order valence-corrected chi connectivity index (χ1v) is 9.67. The standard InChI is InChI=1S/C21H21ClN6O/c1-12(2)19-18(11-24-28(19)16-7-5-14(22)6-8-16)21(29)25-15-9-17-13(3)26-27(4)20(17)23-10-15/h5-12H,1-4H3,(H,25,29). The molecule has 0 atom stereocenters. The van der Waals surface area contributed by atoms with E-state index in [1.54, 1.807) is 33.9 Å². The summed E-state index contributed by atoms with van der Waals surface area (Å²) in [6.45, 7) is 5.99. The van der Waals surface area contributed by atoms with Crippen LogP contribution in [0.1, 0.15) is 41.5 Å². The van der Waals surface area contributed by atoms with Crippen LogP contribution in [0.25, 0.3) is 16.7 Å². The highest BCUT2D eigenvalue weighted by molar-refractivity contribution is 6.30. The molecule has 0 saturated carbocycles. The van der Waals surface area contributed by atoms with Gasteiger partial charge < -0.3 is 5.32 Å². The third kappa shape index (κ3) is 3.49. The van der Waals surface area contributed by atoms with Crippen LogP contribution in [-0.2, 0) is 7.05 Å². The topological polar surface area (TPSA) is 77.6 Å². The molecule has 0 unspecified atom stereocenters. The van der Waals surface area contributed by atoms with E-state index in [1.165, 1.54) is 0 Å². The molecule has 1 aromatic carbocycles. The molecule has 148 valence electrons. The summed E-state index contributed by atoms with van der Waals surface area (Å²) in [6.07, 6.45) is 3.24. The zero-order chi connectivity index (χ0) is 20.7. The minimum absolute atomic E-state index is 0.0927. The fraction of sp³-hybridized carbons (Fsp3) is 0.238. The molecule has 0 aliphatic carbocycles. The Bertz CT molecular complexity index is 1210. The number of carbonyl (C=O) groups is 1. The number of hydrogen-bond acceptors (Lipinski definition) is 4. The number of rotatable bonds is 4. The Balaban J connectivity index is 1.68. The van der Waals surface area contributed by atoms with E-state index in [2.05, 4.69) is 20.5 Å². The molecule has 0 aliphatic rings. The summed E-state index contributed by atoms with van der Waals surface area (Å²) in [5, 5.41) is 13.3. The van der Waals surface area contributed by atoms with E-state index in [1.807, 2.05) is 46.0 Å². The summed E-state index contributed by atoms with van der Waals surface area (Å²) in [5.74, 6) is -0.133. The summed E-state index contributed by atoms with van der Waals surface area (Å²) >= 11 is 6.00. The second kappa shape index (κ2) is 7.33. The molecule has 7 nitrogen and oxygen atoms in total. The van der Waals surface area contributed by atoms with Gasteiger partial charge in [-0.3, -0.25) is 9.48 Å². The maximum absolute atomic E-state index is 13.0. The van der Waals surface area contributed by atoms with Crippen molar-refractivity contribution in [2.75, 3.05) is 5.32 Å². The zero-order valence-electron chi connectivity index (χ0n) is 16.6. The van der Waals surface area contributed by atoms with Gasteiger partial charge in [-0.25, -0.2) is 9.67 Å². The second-order valence-corrected chi connectivity index (χ2v) is 7.68. The normalized spacial score (nSPS) is 11.4. The van der Waals surface area contributed by atoms with Gasteiger partial charge in [0.15, 0.2) is 5.65 Å². The number of aryl methyl sites for hydroxylation is 2. The number of carbonyl (C=O) groups excluding carboxylic acids is 1. The van der Waals surface area contributed by atoms with E-state index < -0.39 is 0 Å². The van der Waals surface area contributed by atoms with E-state index in [0.717, 1.165) is 28.1 Å². The van der Waals surface area contributed by atoms with Gasteiger partial charge in [-0.05, 0) is 43.2 Å². The van der Waals surface area contributed by atoms with Crippen molar-refractivity contribution in [3.63, 3.8) is 0 Å². The minimum Gasteiger partial charge on any atom is -0.320 e. The Morgan fingerprint density at radius 2 is 1.90 bits per heavy atom. The maximum Gasteiger partial charge on any atom is 0.259 e. The number of pyridine rings is 1. The lowest BCUT2D eigenvalue weighted by Gasteiger charge is -2.13. The van der Waals surface area contributed by atoms with Crippen LogP contribution in [0.3, 0.4) is 0 Å². The highest BCUT2D eigenvalue weighted by Gasteiger charge is 2.21. The lowest BCUT2D eigenvalue weighted by atomic mass is 10.0. The van der Waals surface area contributed by atoms with E-state index in [9.17, 15) is 4.79 Å². The van der Waals surface area contributed by atoms with Gasteiger partial charge in [-0.15, -0.1) is 0 Å². The number of fused-ring (bicyclic) bond motifs is 1. The average molecular weight is 409 g/mol. The molecule has 0 radical (unpaired) electrons. The third-order valence-electron chi connectivity index (χ3n) is 4.79. The highest BCUT2D eigenvalue weighted by Crippen LogP contribution is 2.25. The van der Waals surface area contributed by atoms with Crippen LogP contribution in [0.2, 0.25) is 5.02 Å². The Hall–Kier alpha value is -3.19. The summed E-state index contributed by atoms with van der Waals surface area (Å²) in [7, 11) is 1.85. The number of aromatic nitrogens is 5. The second-order valence-electron chi connectivity index (χ2n) is 7.24. The van der Waals surface area contributed by atoms with Crippen molar-refractivity contribution in [3.8, 4) is 5.69 Å². The largest absolute Gasteiger partial charge is 0.320 e. The summed E-state index contributed by atoms with van der Waals surface area (Å²) in [4.78, 5) is 17.4. The first kappa shape index (κ1) is 19.1. The maximum atomic E-state index is 13.0. The Kier molecular flexibility index (Phi) is 4.84. The van der Waals surface area contributed by atoms with Crippen molar-refractivity contribution in [2.24, 2.45) is 7.05 Å². The smallest absolute Gasteiger partial charge is 0.259 e. The number of hydrogen-bond donors (Lipinski definition) is 1. The van der Waals surface area contributed by atoms with Gasteiger partial charge in [-0.1, -0.05) is 25.4 Å². The lowest BCUT2D eigenvalue weighted by molar-refractivity contribution is 0.102. The Labute approximate surface area is 173 Å². The number of benzene rings is 1. The number of nitrogens with one attached hydrogen (secondary N) is 1. The van der Waals surface area contributed by atoms with Crippen molar-refractivity contribution in [3.05, 3.63) is 64.7 Å². The van der Waals surface area contributed by atoms with Gasteiger partial charge in [0.1, 0.15) is 0 Å². The monoisotopic (exact) mass is 408 g/mol. The van der Waals surface area contributed by atoms with Crippen molar-refractivity contribution in [1.82, 2.24) is 24.5 Å². The van der Waals surface area contributed by atoms with Crippen molar-refractivity contribution < 1.29 is 4.79 Å². The van der Waals surface area contributed by atoms with E-state index in [0.29, 0.717) is 16.3 Å². The fourth-order valence-electron chi connectivity index (χ4n) is 3.45. The van der Waals surface area contributed by atoms with Crippen LogP contribution < -0.4 is 5.32 Å². The van der Waals surface area contributed by atoms with Crippen molar-refractivity contribution in [1.29, 1.82) is 0 Å². The molecule has 4 aromatic rings. The van der Waals surface area contributed by atoms with Gasteiger partial charge in [0.2, 0.25) is 0 Å².